The zero-order valence-electron chi connectivity index (χ0n) is 17.9. The summed E-state index contributed by atoms with van der Waals surface area (Å²) >= 11 is 0. The fraction of sp³-hybridized carbons (Fsp3) is 0.435. The van der Waals surface area contributed by atoms with Crippen molar-refractivity contribution >= 4 is 22.9 Å². The van der Waals surface area contributed by atoms with Gasteiger partial charge in [-0.05, 0) is 37.3 Å². The Labute approximate surface area is 175 Å². The van der Waals surface area contributed by atoms with Gasteiger partial charge in [0.05, 0.1) is 16.6 Å². The Kier molecular flexibility index (Phi) is 5.37. The van der Waals surface area contributed by atoms with E-state index in [9.17, 15) is 9.59 Å². The number of aromatic nitrogens is 4. The number of pyridine rings is 2. The van der Waals surface area contributed by atoms with Crippen LogP contribution in [-0.4, -0.2) is 37.4 Å². The molecule has 1 aliphatic rings. The average molecular weight is 406 g/mol. The van der Waals surface area contributed by atoms with Crippen molar-refractivity contribution < 1.29 is 4.79 Å². The number of aliphatic imine (C=N–C) groups is 1. The maximum Gasteiger partial charge on any atom is 0.282 e. The highest BCUT2D eigenvalue weighted by Gasteiger charge is 2.29. The van der Waals surface area contributed by atoms with Crippen molar-refractivity contribution in [1.29, 1.82) is 0 Å². The molecular formula is C23H27N5O2. The fourth-order valence-corrected chi connectivity index (χ4v) is 4.46. The number of aryl methyl sites for hydroxylation is 2. The van der Waals surface area contributed by atoms with Crippen LogP contribution in [0.15, 0.2) is 40.4 Å². The third-order valence-electron chi connectivity index (χ3n) is 6.06. The predicted octanol–water partition coefficient (Wildman–Crippen LogP) is 3.10. The molecule has 3 aromatic rings. The summed E-state index contributed by atoms with van der Waals surface area (Å²) in [4.78, 5) is 39.7. The van der Waals surface area contributed by atoms with Crippen LogP contribution in [0, 0.1) is 11.8 Å². The quantitative estimate of drug-likeness (QED) is 0.653. The van der Waals surface area contributed by atoms with E-state index in [1.807, 2.05) is 19.2 Å². The number of Topliss-reactive ketones (excluding diaryl/α,β-unsaturated/α-hetero) is 1. The van der Waals surface area contributed by atoms with Gasteiger partial charge in [0, 0.05) is 37.1 Å². The fourth-order valence-electron chi connectivity index (χ4n) is 4.46. The predicted molar refractivity (Wildman–Crippen MR) is 117 cm³/mol. The van der Waals surface area contributed by atoms with Gasteiger partial charge in [-0.25, -0.2) is 4.98 Å². The summed E-state index contributed by atoms with van der Waals surface area (Å²) in [5, 5.41) is 0.520. The van der Waals surface area contributed by atoms with E-state index in [1.54, 1.807) is 34.0 Å². The Morgan fingerprint density at radius 2 is 2.07 bits per heavy atom. The molecule has 0 N–H and O–H groups in total. The maximum atomic E-state index is 13.1. The van der Waals surface area contributed by atoms with Gasteiger partial charge in [0.15, 0.2) is 11.6 Å². The summed E-state index contributed by atoms with van der Waals surface area (Å²) in [6.45, 7) is 6.23. The summed E-state index contributed by atoms with van der Waals surface area (Å²) in [6.07, 6.45) is 7.15. The minimum atomic E-state index is -0.364. The van der Waals surface area contributed by atoms with Crippen LogP contribution in [0.1, 0.15) is 44.9 Å². The summed E-state index contributed by atoms with van der Waals surface area (Å²) in [7, 11) is 1.84. The summed E-state index contributed by atoms with van der Waals surface area (Å²) in [5.74, 6) is 1.06. The van der Waals surface area contributed by atoms with E-state index in [1.165, 1.54) is 0 Å². The Hall–Kier alpha value is -3.09. The standard InChI is InChI=1S/C23H27N5O2/c1-5-15(14(2)3)22(29)19-10-9-18-16(12-26-19)21-17(13-25-18)23(30)28(27(21)4)20-8-6-7-11-24-20/h6-8,11-15,19H,5,9-10H2,1-4H3. The lowest BCUT2D eigenvalue weighted by Gasteiger charge is -2.21. The van der Waals surface area contributed by atoms with Gasteiger partial charge in [-0.3, -0.25) is 24.2 Å². The number of hydrogen-bond acceptors (Lipinski definition) is 5. The number of carbonyl (C=O) groups is 1. The molecule has 1 aliphatic heterocycles. The van der Waals surface area contributed by atoms with E-state index in [2.05, 4.69) is 35.7 Å². The van der Waals surface area contributed by atoms with Crippen LogP contribution in [0.5, 0.6) is 0 Å². The number of fused-ring (bicyclic) bond motifs is 3. The molecule has 4 rings (SSSR count). The molecular weight excluding hydrogens is 378 g/mol. The first-order chi connectivity index (χ1) is 14.4. The SMILES string of the molecule is CCC(C(=O)C1CCc2ncc3c(=O)n(-c4ccccn4)n(C)c3c2C=N1)C(C)C. The van der Waals surface area contributed by atoms with Gasteiger partial charge in [-0.1, -0.05) is 26.8 Å². The van der Waals surface area contributed by atoms with Gasteiger partial charge >= 0.3 is 0 Å². The number of nitrogens with zero attached hydrogens (tertiary/aromatic N) is 5. The van der Waals surface area contributed by atoms with Crippen LogP contribution < -0.4 is 5.56 Å². The zero-order valence-corrected chi connectivity index (χ0v) is 17.9. The molecule has 0 fully saturated rings. The van der Waals surface area contributed by atoms with Crippen molar-refractivity contribution in [3.05, 3.63) is 52.2 Å². The molecule has 0 radical (unpaired) electrons. The van der Waals surface area contributed by atoms with Gasteiger partial charge in [0.1, 0.15) is 6.04 Å². The van der Waals surface area contributed by atoms with Gasteiger partial charge < -0.3 is 0 Å². The number of rotatable bonds is 5. The number of hydrogen-bond donors (Lipinski definition) is 0. The zero-order chi connectivity index (χ0) is 21.4. The Balaban J connectivity index is 1.81. The molecule has 3 aromatic heterocycles. The minimum absolute atomic E-state index is 0.0101. The van der Waals surface area contributed by atoms with Gasteiger partial charge in [-0.2, -0.15) is 4.68 Å². The van der Waals surface area contributed by atoms with Crippen LogP contribution in [0.2, 0.25) is 0 Å². The summed E-state index contributed by atoms with van der Waals surface area (Å²) in [5.41, 5.74) is 2.28. The van der Waals surface area contributed by atoms with Crippen LogP contribution in [-0.2, 0) is 18.3 Å². The van der Waals surface area contributed by atoms with E-state index < -0.39 is 0 Å². The van der Waals surface area contributed by atoms with E-state index >= 15 is 0 Å². The lowest BCUT2D eigenvalue weighted by molar-refractivity contribution is -0.125. The molecule has 7 nitrogen and oxygen atoms in total. The maximum absolute atomic E-state index is 13.1. The van der Waals surface area contributed by atoms with Crippen LogP contribution in [0.3, 0.4) is 0 Å². The highest BCUT2D eigenvalue weighted by Crippen LogP contribution is 2.26. The van der Waals surface area contributed by atoms with Crippen molar-refractivity contribution in [2.24, 2.45) is 23.9 Å². The molecule has 156 valence electrons. The van der Waals surface area contributed by atoms with Gasteiger partial charge in [0.25, 0.3) is 5.56 Å². The second-order valence-electron chi connectivity index (χ2n) is 8.20. The molecule has 0 saturated carbocycles. The summed E-state index contributed by atoms with van der Waals surface area (Å²) in [6, 6.07) is 5.10. The molecule has 0 spiro atoms. The number of carbonyl (C=O) groups excluding carboxylic acids is 1. The molecule has 7 heteroatoms. The summed E-state index contributed by atoms with van der Waals surface area (Å²) < 4.78 is 3.34. The lowest BCUT2D eigenvalue weighted by atomic mass is 9.85. The monoisotopic (exact) mass is 405 g/mol. The second-order valence-corrected chi connectivity index (χ2v) is 8.20. The van der Waals surface area contributed by atoms with Crippen molar-refractivity contribution in [2.45, 2.75) is 46.1 Å². The molecule has 30 heavy (non-hydrogen) atoms. The normalized spacial score (nSPS) is 17.2. The van der Waals surface area contributed by atoms with E-state index in [0.29, 0.717) is 30.0 Å². The highest BCUT2D eigenvalue weighted by molar-refractivity contribution is 6.00. The first-order valence-electron chi connectivity index (χ1n) is 10.5. The van der Waals surface area contributed by atoms with Crippen molar-refractivity contribution in [2.75, 3.05) is 0 Å². The lowest BCUT2D eigenvalue weighted by Crippen LogP contribution is -2.30. The van der Waals surface area contributed by atoms with Crippen LogP contribution >= 0.6 is 0 Å². The van der Waals surface area contributed by atoms with Crippen molar-refractivity contribution in [3.63, 3.8) is 0 Å². The largest absolute Gasteiger partial charge is 0.297 e. The number of ketones is 1. The van der Waals surface area contributed by atoms with Crippen molar-refractivity contribution in [3.8, 4) is 5.82 Å². The smallest absolute Gasteiger partial charge is 0.282 e. The molecule has 0 amide bonds. The second kappa shape index (κ2) is 7.97. The topological polar surface area (TPSA) is 82.1 Å². The highest BCUT2D eigenvalue weighted by atomic mass is 16.1. The van der Waals surface area contributed by atoms with E-state index in [4.69, 9.17) is 0 Å². The Morgan fingerprint density at radius 3 is 2.73 bits per heavy atom. The van der Waals surface area contributed by atoms with Crippen molar-refractivity contribution in [1.82, 2.24) is 19.3 Å². The van der Waals surface area contributed by atoms with Crippen LogP contribution in [0.25, 0.3) is 16.7 Å². The first-order valence-corrected chi connectivity index (χ1v) is 10.5. The molecule has 0 aromatic carbocycles. The van der Waals surface area contributed by atoms with E-state index in [0.717, 1.165) is 23.2 Å². The van der Waals surface area contributed by atoms with Gasteiger partial charge in [-0.15, -0.1) is 0 Å². The van der Waals surface area contributed by atoms with Gasteiger partial charge in [0.2, 0.25) is 0 Å². The first kappa shape index (κ1) is 20.2. The molecule has 2 unspecified atom stereocenters. The minimum Gasteiger partial charge on any atom is -0.297 e. The molecule has 4 heterocycles. The third kappa shape index (κ3) is 3.28. The Bertz CT molecular complexity index is 1170. The third-order valence-corrected chi connectivity index (χ3v) is 6.06. The molecule has 0 bridgehead atoms. The van der Waals surface area contributed by atoms with E-state index in [-0.39, 0.29) is 23.3 Å². The molecule has 0 aliphatic carbocycles. The average Bonchev–Trinajstić information content (AvgIpc) is 2.88. The molecule has 2 atom stereocenters. The molecule has 0 saturated heterocycles. The van der Waals surface area contributed by atoms with Crippen LogP contribution in [0.4, 0.5) is 0 Å². The Morgan fingerprint density at radius 1 is 1.27 bits per heavy atom.